The van der Waals surface area contributed by atoms with Gasteiger partial charge in [-0.25, -0.2) is 14.4 Å². The molecular formula is C21H17FN2O2S2. The lowest BCUT2D eigenvalue weighted by atomic mass is 10.1. The van der Waals surface area contributed by atoms with Gasteiger partial charge in [-0.05, 0) is 49.4 Å². The van der Waals surface area contributed by atoms with E-state index < -0.39 is 5.82 Å². The van der Waals surface area contributed by atoms with E-state index in [0.29, 0.717) is 12.2 Å². The summed E-state index contributed by atoms with van der Waals surface area (Å²) in [5, 5.41) is 5.58. The van der Waals surface area contributed by atoms with E-state index in [1.807, 2.05) is 41.9 Å². The molecular weight excluding hydrogens is 395 g/mol. The number of methoxy groups -OCH3 is 1. The molecule has 0 aliphatic carbocycles. The van der Waals surface area contributed by atoms with Crippen molar-refractivity contribution in [2.45, 2.75) is 6.92 Å². The van der Waals surface area contributed by atoms with Gasteiger partial charge in [-0.2, -0.15) is 0 Å². The Balaban J connectivity index is 1.57. The standard InChI is InChI=1S/C21H17FN2O2S2/c1-3-26-15-7-4-13(5-8-15)17-11-27-20(23-17)21-24-18(12-28-21)14-6-9-19(25-2)16(22)10-14/h4-12H,3H2,1-2H3. The summed E-state index contributed by atoms with van der Waals surface area (Å²) in [6, 6.07) is 12.7. The monoisotopic (exact) mass is 412 g/mol. The van der Waals surface area contributed by atoms with Crippen molar-refractivity contribution in [3.63, 3.8) is 0 Å². The lowest BCUT2D eigenvalue weighted by Gasteiger charge is -2.03. The lowest BCUT2D eigenvalue weighted by Crippen LogP contribution is -1.90. The molecule has 0 unspecified atom stereocenters. The molecule has 0 bridgehead atoms. The summed E-state index contributed by atoms with van der Waals surface area (Å²) in [4.78, 5) is 9.34. The molecule has 142 valence electrons. The number of benzene rings is 2. The summed E-state index contributed by atoms with van der Waals surface area (Å²) in [5.41, 5.74) is 3.36. The highest BCUT2D eigenvalue weighted by Crippen LogP contribution is 2.34. The average Bonchev–Trinajstić information content (AvgIpc) is 3.38. The van der Waals surface area contributed by atoms with E-state index in [1.54, 1.807) is 23.5 Å². The third-order valence-corrected chi connectivity index (χ3v) is 5.93. The Morgan fingerprint density at radius 3 is 2.07 bits per heavy atom. The summed E-state index contributed by atoms with van der Waals surface area (Å²) in [7, 11) is 1.45. The van der Waals surface area contributed by atoms with Crippen LogP contribution in [0.4, 0.5) is 4.39 Å². The fourth-order valence-electron chi connectivity index (χ4n) is 2.72. The Morgan fingerprint density at radius 2 is 1.50 bits per heavy atom. The Labute approximate surface area is 170 Å². The Morgan fingerprint density at radius 1 is 0.893 bits per heavy atom. The van der Waals surface area contributed by atoms with Gasteiger partial charge in [-0.3, -0.25) is 0 Å². The van der Waals surface area contributed by atoms with Crippen LogP contribution in [-0.2, 0) is 0 Å². The van der Waals surface area contributed by atoms with Gasteiger partial charge >= 0.3 is 0 Å². The second-order valence-electron chi connectivity index (χ2n) is 5.88. The van der Waals surface area contributed by atoms with Crippen LogP contribution in [0.1, 0.15) is 6.92 Å². The number of rotatable bonds is 6. The maximum absolute atomic E-state index is 14.0. The van der Waals surface area contributed by atoms with Gasteiger partial charge in [-0.15, -0.1) is 22.7 Å². The van der Waals surface area contributed by atoms with Crippen molar-refractivity contribution >= 4 is 22.7 Å². The predicted octanol–water partition coefficient (Wildman–Crippen LogP) is 6.15. The number of hydrogen-bond acceptors (Lipinski definition) is 6. The summed E-state index contributed by atoms with van der Waals surface area (Å²) in [5.74, 6) is 0.665. The summed E-state index contributed by atoms with van der Waals surface area (Å²) >= 11 is 3.04. The molecule has 2 aromatic carbocycles. The van der Waals surface area contributed by atoms with Crippen LogP contribution in [0, 0.1) is 5.82 Å². The molecule has 0 N–H and O–H groups in total. The molecule has 0 aliphatic heterocycles. The van der Waals surface area contributed by atoms with Crippen LogP contribution in [0.25, 0.3) is 32.5 Å². The van der Waals surface area contributed by atoms with E-state index in [-0.39, 0.29) is 5.75 Å². The molecule has 0 atom stereocenters. The predicted molar refractivity (Wildman–Crippen MR) is 112 cm³/mol. The zero-order valence-corrected chi connectivity index (χ0v) is 16.9. The number of thiazole rings is 2. The Hall–Kier alpha value is -2.77. The Kier molecular flexibility index (Phi) is 5.36. The normalized spacial score (nSPS) is 10.8. The SMILES string of the molecule is CCOc1ccc(-c2csc(-c3nc(-c4ccc(OC)c(F)c4)cs3)n2)cc1. The van der Waals surface area contributed by atoms with Gasteiger partial charge in [0, 0.05) is 21.9 Å². The molecule has 0 saturated heterocycles. The first kappa shape index (κ1) is 18.6. The van der Waals surface area contributed by atoms with Gasteiger partial charge < -0.3 is 9.47 Å². The molecule has 4 rings (SSSR count). The molecule has 2 heterocycles. The molecule has 0 aliphatic rings. The third kappa shape index (κ3) is 3.76. The average molecular weight is 413 g/mol. The van der Waals surface area contributed by atoms with Gasteiger partial charge in [0.1, 0.15) is 5.75 Å². The van der Waals surface area contributed by atoms with Gasteiger partial charge in [0.25, 0.3) is 0 Å². The van der Waals surface area contributed by atoms with Crippen LogP contribution in [0.5, 0.6) is 11.5 Å². The van der Waals surface area contributed by atoms with Crippen molar-refractivity contribution < 1.29 is 13.9 Å². The summed E-state index contributed by atoms with van der Waals surface area (Å²) in [6.45, 7) is 2.61. The van der Waals surface area contributed by atoms with Crippen molar-refractivity contribution in [2.24, 2.45) is 0 Å². The van der Waals surface area contributed by atoms with Crippen LogP contribution in [-0.4, -0.2) is 23.7 Å². The molecule has 28 heavy (non-hydrogen) atoms. The molecule has 4 aromatic rings. The van der Waals surface area contributed by atoms with Crippen molar-refractivity contribution in [1.82, 2.24) is 9.97 Å². The minimum atomic E-state index is -0.401. The van der Waals surface area contributed by atoms with E-state index in [1.165, 1.54) is 24.5 Å². The third-order valence-electron chi connectivity index (χ3n) is 4.10. The van der Waals surface area contributed by atoms with Crippen LogP contribution < -0.4 is 9.47 Å². The highest BCUT2D eigenvalue weighted by Gasteiger charge is 2.13. The van der Waals surface area contributed by atoms with E-state index in [9.17, 15) is 4.39 Å². The molecule has 2 aromatic heterocycles. The van der Waals surface area contributed by atoms with Crippen LogP contribution in [0.3, 0.4) is 0 Å². The Bertz CT molecular complexity index is 1090. The zero-order valence-electron chi connectivity index (χ0n) is 15.3. The summed E-state index contributed by atoms with van der Waals surface area (Å²) in [6.07, 6.45) is 0. The molecule has 0 fully saturated rings. The van der Waals surface area contributed by atoms with Crippen molar-refractivity contribution in [1.29, 1.82) is 0 Å². The van der Waals surface area contributed by atoms with Gasteiger partial charge in [0.2, 0.25) is 0 Å². The number of ether oxygens (including phenoxy) is 2. The second-order valence-corrected chi connectivity index (χ2v) is 7.60. The van der Waals surface area contributed by atoms with Gasteiger partial charge in [0.05, 0.1) is 25.1 Å². The maximum Gasteiger partial charge on any atom is 0.165 e. The maximum atomic E-state index is 14.0. The highest BCUT2D eigenvalue weighted by atomic mass is 32.1. The quantitative estimate of drug-likeness (QED) is 0.381. The fourth-order valence-corrected chi connectivity index (χ4v) is 4.43. The topological polar surface area (TPSA) is 44.2 Å². The molecule has 0 saturated carbocycles. The van der Waals surface area contributed by atoms with Crippen molar-refractivity contribution in [3.8, 4) is 44.0 Å². The molecule has 0 spiro atoms. The number of nitrogens with zero attached hydrogens (tertiary/aromatic N) is 2. The highest BCUT2D eigenvalue weighted by molar-refractivity contribution is 7.20. The smallest absolute Gasteiger partial charge is 0.165 e. The van der Waals surface area contributed by atoms with Gasteiger partial charge in [-0.1, -0.05) is 0 Å². The van der Waals surface area contributed by atoms with Crippen LogP contribution in [0.15, 0.2) is 53.2 Å². The zero-order chi connectivity index (χ0) is 19.5. The first-order valence-corrected chi connectivity index (χ1v) is 10.4. The minimum Gasteiger partial charge on any atom is -0.494 e. The molecule has 0 amide bonds. The number of hydrogen-bond donors (Lipinski definition) is 0. The van der Waals surface area contributed by atoms with E-state index in [4.69, 9.17) is 14.5 Å². The second kappa shape index (κ2) is 8.08. The largest absolute Gasteiger partial charge is 0.494 e. The summed E-state index contributed by atoms with van der Waals surface area (Å²) < 4.78 is 24.4. The first-order valence-electron chi connectivity index (χ1n) is 8.66. The number of halogens is 1. The molecule has 4 nitrogen and oxygen atoms in total. The first-order chi connectivity index (χ1) is 13.7. The van der Waals surface area contributed by atoms with E-state index >= 15 is 0 Å². The van der Waals surface area contributed by atoms with Crippen LogP contribution >= 0.6 is 22.7 Å². The molecule has 0 radical (unpaired) electrons. The van der Waals surface area contributed by atoms with Crippen molar-refractivity contribution in [2.75, 3.05) is 13.7 Å². The van der Waals surface area contributed by atoms with E-state index in [2.05, 4.69) is 4.98 Å². The van der Waals surface area contributed by atoms with Crippen molar-refractivity contribution in [3.05, 3.63) is 59.0 Å². The van der Waals surface area contributed by atoms with Crippen LogP contribution in [0.2, 0.25) is 0 Å². The minimum absolute atomic E-state index is 0.221. The fraction of sp³-hybridized carbons (Fsp3) is 0.143. The van der Waals surface area contributed by atoms with E-state index in [0.717, 1.165) is 32.7 Å². The van der Waals surface area contributed by atoms with Gasteiger partial charge in [0.15, 0.2) is 21.6 Å². The molecule has 7 heteroatoms. The number of aromatic nitrogens is 2. The lowest BCUT2D eigenvalue weighted by molar-refractivity contribution is 0.340.